The number of hydrogen-bond acceptors (Lipinski definition) is 13. The second-order valence-corrected chi connectivity index (χ2v) is 16.7. The van der Waals surface area contributed by atoms with E-state index in [0.29, 0.717) is 19.4 Å². The Morgan fingerprint density at radius 2 is 1.73 bits per heavy atom. The number of pyridine rings is 1. The van der Waals surface area contributed by atoms with Gasteiger partial charge in [-0.05, 0) is 86.0 Å². The van der Waals surface area contributed by atoms with Crippen LogP contribution in [-0.4, -0.2) is 129 Å². The predicted molar refractivity (Wildman–Crippen MR) is 209 cm³/mol. The summed E-state index contributed by atoms with van der Waals surface area (Å²) < 4.78 is 33.2. The number of esters is 1. The summed E-state index contributed by atoms with van der Waals surface area (Å²) in [4.78, 5) is 52.9. The summed E-state index contributed by atoms with van der Waals surface area (Å²) >= 11 is 0. The number of Topliss-reactive ketones (excluding diaryl/α,β-unsaturated/α-hetero) is 2. The SMILES string of the molecule is CC[C@@H]1OC(=O)[C@H](C)C(=O)[C@H](C)[C@@H](O[C@@H]2O[C@H](C)C[C@H](N(C)C)[C@H]2O)[C@@](C)(OC)C[C@@H](C)C(=O)[C@@H](C)C(OCCCCn2cnc(-c3cccnc3)c2)[C@]1(C)O. The summed E-state index contributed by atoms with van der Waals surface area (Å²) in [5, 5.41) is 23.6. The van der Waals surface area contributed by atoms with E-state index in [1.54, 1.807) is 53.3 Å². The number of unbranched alkanes of at least 4 members (excludes halogenated alkanes) is 1. The zero-order valence-corrected chi connectivity index (χ0v) is 35.2. The van der Waals surface area contributed by atoms with Crippen LogP contribution in [0.2, 0.25) is 0 Å². The van der Waals surface area contributed by atoms with Crippen molar-refractivity contribution in [2.45, 2.75) is 148 Å². The number of carbonyl (C=O) groups excluding carboxylic acids is 3. The molecule has 0 radical (unpaired) electrons. The van der Waals surface area contributed by atoms with Gasteiger partial charge in [0.15, 0.2) is 12.1 Å². The zero-order valence-electron chi connectivity index (χ0n) is 35.2. The fourth-order valence-electron chi connectivity index (χ4n) is 8.48. The zero-order chi connectivity index (χ0) is 41.5. The highest BCUT2D eigenvalue weighted by atomic mass is 16.7. The molecular formula is C42H66N4O10. The Balaban J connectivity index is 1.59. The summed E-state index contributed by atoms with van der Waals surface area (Å²) in [6.07, 6.45) is 3.90. The van der Waals surface area contributed by atoms with Crippen LogP contribution in [0.1, 0.15) is 87.5 Å². The number of carbonyl (C=O) groups is 3. The van der Waals surface area contributed by atoms with Crippen LogP contribution >= 0.6 is 0 Å². The highest BCUT2D eigenvalue weighted by molar-refractivity contribution is 6.00. The topological polar surface area (TPSA) is 172 Å². The number of ketones is 2. The molecule has 0 aromatic carbocycles. The number of aliphatic hydroxyl groups is 2. The summed E-state index contributed by atoms with van der Waals surface area (Å²) in [6, 6.07) is 3.55. The first-order chi connectivity index (χ1) is 26.4. The van der Waals surface area contributed by atoms with Crippen LogP contribution in [0.15, 0.2) is 37.1 Å². The molecule has 314 valence electrons. The highest BCUT2D eigenvalue weighted by Gasteiger charge is 2.52. The molecule has 1 unspecified atom stereocenters. The molecule has 2 aliphatic rings. The molecule has 14 heteroatoms. The number of aryl methyl sites for hydroxylation is 1. The third-order valence-corrected chi connectivity index (χ3v) is 12.0. The van der Waals surface area contributed by atoms with Crippen LogP contribution in [0, 0.1) is 23.7 Å². The van der Waals surface area contributed by atoms with Gasteiger partial charge in [-0.25, -0.2) is 4.98 Å². The van der Waals surface area contributed by atoms with Gasteiger partial charge in [-0.1, -0.05) is 27.7 Å². The molecule has 2 aliphatic heterocycles. The van der Waals surface area contributed by atoms with Gasteiger partial charge in [-0.15, -0.1) is 0 Å². The molecule has 2 fully saturated rings. The molecule has 0 bridgehead atoms. The minimum atomic E-state index is -1.79. The molecule has 0 spiro atoms. The van der Waals surface area contributed by atoms with E-state index in [1.807, 2.05) is 48.8 Å². The van der Waals surface area contributed by atoms with E-state index in [-0.39, 0.29) is 37.4 Å². The minimum absolute atomic E-state index is 0.126. The van der Waals surface area contributed by atoms with Gasteiger partial charge in [0.05, 0.1) is 35.9 Å². The third kappa shape index (κ3) is 10.5. The molecule has 0 aliphatic carbocycles. The van der Waals surface area contributed by atoms with Crippen LogP contribution in [-0.2, 0) is 44.6 Å². The molecule has 2 saturated heterocycles. The number of rotatable bonds is 12. The molecule has 2 aromatic heterocycles. The Hall–Kier alpha value is -3.11. The summed E-state index contributed by atoms with van der Waals surface area (Å²) in [6.45, 7) is 14.5. The second-order valence-electron chi connectivity index (χ2n) is 16.7. The Bertz CT molecular complexity index is 1590. The van der Waals surface area contributed by atoms with E-state index >= 15 is 0 Å². The number of methoxy groups -OCH3 is 1. The smallest absolute Gasteiger partial charge is 0.316 e. The molecule has 0 saturated carbocycles. The van der Waals surface area contributed by atoms with Gasteiger partial charge >= 0.3 is 5.97 Å². The van der Waals surface area contributed by atoms with Crippen molar-refractivity contribution in [3.05, 3.63) is 37.1 Å². The molecule has 2 aromatic rings. The quantitative estimate of drug-likeness (QED) is 0.175. The van der Waals surface area contributed by atoms with Crippen molar-refractivity contribution in [1.29, 1.82) is 0 Å². The number of likely N-dealkylation sites (N-methyl/N-ethyl adjacent to an activating group) is 1. The lowest BCUT2D eigenvalue weighted by Crippen LogP contribution is -2.60. The highest BCUT2D eigenvalue weighted by Crippen LogP contribution is 2.39. The van der Waals surface area contributed by atoms with Crippen LogP contribution in [0.3, 0.4) is 0 Å². The van der Waals surface area contributed by atoms with Gasteiger partial charge in [0.25, 0.3) is 0 Å². The van der Waals surface area contributed by atoms with Crippen molar-refractivity contribution in [1.82, 2.24) is 19.4 Å². The standard InChI is InChI=1S/C42H66N4O10/c1-12-33-42(8,51)38(53-19-14-13-18-46-23-31(44-24-46)30-16-15-17-43-22-30)27(4)34(47)25(2)21-41(7,52-11)37(28(5)35(48)29(6)39(50)55-33)56-40-36(49)32(45(9)10)20-26(3)54-40/h15-17,22-29,32-33,36-38,40,49,51H,12-14,18-21H2,1-11H3/t25-,26-,27-,28+,29-,32+,33+,36-,37-,38?,40+,41+,42-/m1/s1. The van der Waals surface area contributed by atoms with E-state index in [9.17, 15) is 24.6 Å². The Morgan fingerprint density at radius 3 is 2.36 bits per heavy atom. The van der Waals surface area contributed by atoms with E-state index in [1.165, 1.54) is 21.0 Å². The van der Waals surface area contributed by atoms with Gasteiger partial charge in [0, 0.05) is 68.2 Å². The Kier molecular flexibility index (Phi) is 15.9. The minimum Gasteiger partial charge on any atom is -0.459 e. The molecule has 4 heterocycles. The van der Waals surface area contributed by atoms with Crippen molar-refractivity contribution in [3.63, 3.8) is 0 Å². The second kappa shape index (κ2) is 19.6. The molecule has 13 atom stereocenters. The average Bonchev–Trinajstić information content (AvgIpc) is 3.65. The third-order valence-electron chi connectivity index (χ3n) is 12.0. The largest absolute Gasteiger partial charge is 0.459 e. The summed E-state index contributed by atoms with van der Waals surface area (Å²) in [7, 11) is 5.23. The number of hydrogen-bond donors (Lipinski definition) is 2. The fourth-order valence-corrected chi connectivity index (χ4v) is 8.48. The molecular weight excluding hydrogens is 720 g/mol. The van der Waals surface area contributed by atoms with Crippen molar-refractivity contribution in [3.8, 4) is 11.3 Å². The van der Waals surface area contributed by atoms with Crippen molar-refractivity contribution < 1.29 is 48.3 Å². The van der Waals surface area contributed by atoms with Crippen molar-refractivity contribution >= 4 is 17.5 Å². The number of cyclic esters (lactones) is 1. The Morgan fingerprint density at radius 1 is 1.04 bits per heavy atom. The first-order valence-corrected chi connectivity index (χ1v) is 20.1. The number of ether oxygens (including phenoxy) is 5. The van der Waals surface area contributed by atoms with E-state index in [4.69, 9.17) is 23.7 Å². The maximum Gasteiger partial charge on any atom is 0.316 e. The maximum absolute atomic E-state index is 14.4. The number of aromatic nitrogens is 3. The van der Waals surface area contributed by atoms with Crippen LogP contribution in [0.5, 0.6) is 0 Å². The van der Waals surface area contributed by atoms with Gasteiger partial charge in [0.2, 0.25) is 0 Å². The van der Waals surface area contributed by atoms with E-state index in [2.05, 4.69) is 9.97 Å². The Labute approximate surface area is 332 Å². The monoisotopic (exact) mass is 786 g/mol. The fraction of sp³-hybridized carbons (Fsp3) is 0.738. The average molecular weight is 787 g/mol. The van der Waals surface area contributed by atoms with Gasteiger partial charge in [-0.3, -0.25) is 19.4 Å². The molecule has 56 heavy (non-hydrogen) atoms. The molecule has 14 nitrogen and oxygen atoms in total. The normalized spacial score (nSPS) is 36.7. The van der Waals surface area contributed by atoms with Crippen molar-refractivity contribution in [2.24, 2.45) is 23.7 Å². The molecule has 0 amide bonds. The molecule has 4 rings (SSSR count). The van der Waals surface area contributed by atoms with Crippen LogP contribution < -0.4 is 0 Å². The summed E-state index contributed by atoms with van der Waals surface area (Å²) in [5.41, 5.74) is -1.29. The van der Waals surface area contributed by atoms with Crippen LogP contribution in [0.25, 0.3) is 11.3 Å². The van der Waals surface area contributed by atoms with Crippen molar-refractivity contribution in [2.75, 3.05) is 27.8 Å². The summed E-state index contributed by atoms with van der Waals surface area (Å²) in [5.74, 6) is -5.12. The van der Waals surface area contributed by atoms with E-state index < -0.39 is 77.3 Å². The number of aliphatic hydroxyl groups excluding tert-OH is 1. The van der Waals surface area contributed by atoms with E-state index in [0.717, 1.165) is 17.7 Å². The van der Waals surface area contributed by atoms with Gasteiger partial charge in [-0.2, -0.15) is 0 Å². The predicted octanol–water partition coefficient (Wildman–Crippen LogP) is 4.49. The lowest BCUT2D eigenvalue weighted by atomic mass is 9.74. The maximum atomic E-state index is 14.4. The van der Waals surface area contributed by atoms with Gasteiger partial charge in [0.1, 0.15) is 29.5 Å². The van der Waals surface area contributed by atoms with Gasteiger partial charge < -0.3 is 43.4 Å². The lowest BCUT2D eigenvalue weighted by molar-refractivity contribution is -0.295. The van der Waals surface area contributed by atoms with Crippen LogP contribution in [0.4, 0.5) is 0 Å². The molecule has 2 N–H and O–H groups in total. The number of imidazole rings is 1. The first-order valence-electron chi connectivity index (χ1n) is 20.1. The lowest BCUT2D eigenvalue weighted by Gasteiger charge is -2.47. The number of nitrogens with zero attached hydrogens (tertiary/aromatic N) is 4. The first kappa shape index (κ1) is 45.6.